The summed E-state index contributed by atoms with van der Waals surface area (Å²) in [5.41, 5.74) is 2.55. The van der Waals surface area contributed by atoms with Crippen LogP contribution < -0.4 is 9.62 Å². The van der Waals surface area contributed by atoms with Gasteiger partial charge in [0.15, 0.2) is 0 Å². The first-order valence-corrected chi connectivity index (χ1v) is 12.1. The molecule has 1 N–H and O–H groups in total. The number of hydrogen-bond acceptors (Lipinski definition) is 3. The number of para-hydroxylation sites is 1. The lowest BCUT2D eigenvalue weighted by Crippen LogP contribution is -2.33. The van der Waals surface area contributed by atoms with E-state index in [1.165, 1.54) is 29.3 Å². The van der Waals surface area contributed by atoms with E-state index in [0.29, 0.717) is 18.9 Å². The number of aryl methyl sites for hydroxylation is 1. The second kappa shape index (κ2) is 11.1. The van der Waals surface area contributed by atoms with Gasteiger partial charge < -0.3 is 5.32 Å². The SMILES string of the molecule is CC(C)c1ccc(CCCNC(=O)CCCN(c2ccccc2F)S(C)(=O)=O)cc1. The molecule has 0 saturated heterocycles. The van der Waals surface area contributed by atoms with Crippen molar-refractivity contribution in [1.82, 2.24) is 5.32 Å². The van der Waals surface area contributed by atoms with Crippen molar-refractivity contribution >= 4 is 21.6 Å². The van der Waals surface area contributed by atoms with E-state index in [1.807, 2.05) is 0 Å². The fourth-order valence-electron chi connectivity index (χ4n) is 3.18. The first-order chi connectivity index (χ1) is 14.2. The van der Waals surface area contributed by atoms with E-state index in [2.05, 4.69) is 43.4 Å². The van der Waals surface area contributed by atoms with Crippen LogP contribution in [0.2, 0.25) is 0 Å². The number of nitrogens with zero attached hydrogens (tertiary/aromatic N) is 1. The predicted molar refractivity (Wildman–Crippen MR) is 120 cm³/mol. The number of benzene rings is 2. The molecule has 2 rings (SSSR count). The van der Waals surface area contributed by atoms with E-state index >= 15 is 0 Å². The number of halogens is 1. The highest BCUT2D eigenvalue weighted by Gasteiger charge is 2.20. The Morgan fingerprint density at radius 1 is 1.07 bits per heavy atom. The third-order valence-corrected chi connectivity index (χ3v) is 6.08. The average molecular weight is 435 g/mol. The van der Waals surface area contributed by atoms with E-state index < -0.39 is 15.8 Å². The highest BCUT2D eigenvalue weighted by Crippen LogP contribution is 2.21. The van der Waals surface area contributed by atoms with Gasteiger partial charge in [-0.25, -0.2) is 12.8 Å². The van der Waals surface area contributed by atoms with Crippen molar-refractivity contribution in [3.63, 3.8) is 0 Å². The Bertz CT molecular complexity index is 928. The molecule has 164 valence electrons. The highest BCUT2D eigenvalue weighted by atomic mass is 32.2. The van der Waals surface area contributed by atoms with Crippen LogP contribution in [0, 0.1) is 5.82 Å². The topological polar surface area (TPSA) is 66.5 Å². The molecule has 0 saturated carbocycles. The smallest absolute Gasteiger partial charge is 0.232 e. The Morgan fingerprint density at radius 2 is 1.73 bits per heavy atom. The summed E-state index contributed by atoms with van der Waals surface area (Å²) < 4.78 is 39.0. The molecule has 0 unspecified atom stereocenters. The molecule has 0 spiro atoms. The minimum absolute atomic E-state index is 0.00361. The molecule has 0 bridgehead atoms. The number of hydrogen-bond donors (Lipinski definition) is 1. The van der Waals surface area contributed by atoms with Gasteiger partial charge in [0, 0.05) is 19.5 Å². The summed E-state index contributed by atoms with van der Waals surface area (Å²) in [6.07, 6.45) is 3.24. The van der Waals surface area contributed by atoms with Crippen molar-refractivity contribution in [2.24, 2.45) is 0 Å². The van der Waals surface area contributed by atoms with Crippen LogP contribution in [-0.4, -0.2) is 33.7 Å². The molecule has 0 atom stereocenters. The van der Waals surface area contributed by atoms with Crippen molar-refractivity contribution in [2.45, 2.75) is 45.4 Å². The van der Waals surface area contributed by atoms with Crippen LogP contribution in [0.15, 0.2) is 48.5 Å². The Balaban J connectivity index is 1.74. The maximum absolute atomic E-state index is 14.0. The van der Waals surface area contributed by atoms with Gasteiger partial charge in [0.05, 0.1) is 11.9 Å². The van der Waals surface area contributed by atoms with E-state index in [4.69, 9.17) is 0 Å². The van der Waals surface area contributed by atoms with Crippen LogP contribution in [0.3, 0.4) is 0 Å². The fourth-order valence-corrected chi connectivity index (χ4v) is 4.15. The molecule has 5 nitrogen and oxygen atoms in total. The Labute approximate surface area is 179 Å². The van der Waals surface area contributed by atoms with Crippen LogP contribution >= 0.6 is 0 Å². The van der Waals surface area contributed by atoms with Crippen molar-refractivity contribution < 1.29 is 17.6 Å². The second-order valence-corrected chi connectivity index (χ2v) is 9.65. The predicted octanol–water partition coefficient (Wildman–Crippen LogP) is 4.24. The summed E-state index contributed by atoms with van der Waals surface area (Å²) in [5, 5.41) is 2.87. The van der Waals surface area contributed by atoms with Crippen LogP contribution in [0.4, 0.5) is 10.1 Å². The second-order valence-electron chi connectivity index (χ2n) is 7.74. The monoisotopic (exact) mass is 434 g/mol. The molecule has 0 radical (unpaired) electrons. The van der Waals surface area contributed by atoms with Gasteiger partial charge in [-0.3, -0.25) is 9.10 Å². The van der Waals surface area contributed by atoms with Crippen LogP contribution in [0.25, 0.3) is 0 Å². The lowest BCUT2D eigenvalue weighted by molar-refractivity contribution is -0.121. The molecule has 2 aromatic rings. The standard InChI is InChI=1S/C23H31FN2O3S/c1-18(2)20-14-12-19(13-15-20)8-6-16-25-23(27)11-7-17-26(30(3,28)29)22-10-5-4-9-21(22)24/h4-5,9-10,12-15,18H,6-8,11,16-17H2,1-3H3,(H,25,27). The number of nitrogens with one attached hydrogen (secondary N) is 1. The number of carbonyl (C=O) groups is 1. The van der Waals surface area contributed by atoms with E-state index in [-0.39, 0.29) is 24.6 Å². The average Bonchev–Trinajstić information content (AvgIpc) is 2.69. The molecule has 0 aromatic heterocycles. The number of rotatable bonds is 11. The van der Waals surface area contributed by atoms with E-state index in [9.17, 15) is 17.6 Å². The molecule has 0 fully saturated rings. The fraction of sp³-hybridized carbons (Fsp3) is 0.435. The maximum atomic E-state index is 14.0. The molecule has 30 heavy (non-hydrogen) atoms. The Morgan fingerprint density at radius 3 is 2.33 bits per heavy atom. The van der Waals surface area contributed by atoms with Crippen LogP contribution in [0.1, 0.15) is 50.2 Å². The van der Waals surface area contributed by atoms with Gasteiger partial charge in [-0.05, 0) is 48.4 Å². The third-order valence-electron chi connectivity index (χ3n) is 4.90. The molecule has 1 amide bonds. The normalized spacial score (nSPS) is 11.5. The van der Waals surface area contributed by atoms with Crippen LogP contribution in [-0.2, 0) is 21.2 Å². The molecular formula is C23H31FN2O3S. The summed E-state index contributed by atoms with van der Waals surface area (Å²) in [6.45, 7) is 4.94. The number of amides is 1. The summed E-state index contributed by atoms with van der Waals surface area (Å²) in [6, 6.07) is 14.3. The molecule has 0 aliphatic heterocycles. The molecule has 0 heterocycles. The molecule has 2 aromatic carbocycles. The zero-order valence-electron chi connectivity index (χ0n) is 17.9. The molecular weight excluding hydrogens is 403 g/mol. The van der Waals surface area contributed by atoms with Gasteiger partial charge in [0.25, 0.3) is 0 Å². The first-order valence-electron chi connectivity index (χ1n) is 10.3. The third kappa shape index (κ3) is 7.44. The first kappa shape index (κ1) is 23.9. The lowest BCUT2D eigenvalue weighted by Gasteiger charge is -2.22. The van der Waals surface area contributed by atoms with Crippen LogP contribution in [0.5, 0.6) is 0 Å². The summed E-state index contributed by atoms with van der Waals surface area (Å²) in [5.74, 6) is -0.226. The van der Waals surface area contributed by atoms with Gasteiger partial charge in [0.1, 0.15) is 5.82 Å². The summed E-state index contributed by atoms with van der Waals surface area (Å²) >= 11 is 0. The zero-order chi connectivity index (χ0) is 22.1. The Kier molecular flexibility index (Phi) is 8.84. The van der Waals surface area contributed by atoms with Crippen molar-refractivity contribution in [3.8, 4) is 0 Å². The van der Waals surface area contributed by atoms with E-state index in [0.717, 1.165) is 23.4 Å². The number of carbonyl (C=O) groups excluding carboxylic acids is 1. The summed E-state index contributed by atoms with van der Waals surface area (Å²) in [4.78, 5) is 12.1. The van der Waals surface area contributed by atoms with Gasteiger partial charge in [-0.1, -0.05) is 50.2 Å². The van der Waals surface area contributed by atoms with Crippen molar-refractivity contribution in [3.05, 3.63) is 65.5 Å². The van der Waals surface area contributed by atoms with E-state index in [1.54, 1.807) is 6.07 Å². The minimum Gasteiger partial charge on any atom is -0.356 e. The van der Waals surface area contributed by atoms with Gasteiger partial charge in [0.2, 0.25) is 15.9 Å². The van der Waals surface area contributed by atoms with Gasteiger partial charge in [-0.15, -0.1) is 0 Å². The molecule has 7 heteroatoms. The quantitative estimate of drug-likeness (QED) is 0.538. The molecule has 0 aliphatic rings. The maximum Gasteiger partial charge on any atom is 0.232 e. The molecule has 0 aliphatic carbocycles. The Hall–Kier alpha value is -2.41. The van der Waals surface area contributed by atoms with Crippen molar-refractivity contribution in [1.29, 1.82) is 0 Å². The minimum atomic E-state index is -3.64. The lowest BCUT2D eigenvalue weighted by atomic mass is 10.0. The van der Waals surface area contributed by atoms with Gasteiger partial charge in [-0.2, -0.15) is 0 Å². The summed E-state index contributed by atoms with van der Waals surface area (Å²) in [7, 11) is -3.64. The van der Waals surface area contributed by atoms with Crippen molar-refractivity contribution in [2.75, 3.05) is 23.7 Å². The highest BCUT2D eigenvalue weighted by molar-refractivity contribution is 7.92. The van der Waals surface area contributed by atoms with Gasteiger partial charge >= 0.3 is 0 Å². The number of anilines is 1. The number of sulfonamides is 1. The largest absolute Gasteiger partial charge is 0.356 e. The zero-order valence-corrected chi connectivity index (χ0v) is 18.7.